The Morgan fingerprint density at radius 1 is 1.50 bits per heavy atom. The fraction of sp³-hybridized carbons (Fsp3) is 0.250. The predicted molar refractivity (Wildman–Crippen MR) is 53.3 cm³/mol. The molecule has 5 nitrogen and oxygen atoms in total. The van der Waals surface area contributed by atoms with Crippen LogP contribution in [0.1, 0.15) is 11.4 Å². The number of hydrogen-bond acceptors (Lipinski definition) is 4. The minimum atomic E-state index is 0.438. The number of nitrogens with one attached hydrogen (secondary N) is 1. The van der Waals surface area contributed by atoms with E-state index in [1.807, 2.05) is 25.1 Å². The Kier molecular flexibility index (Phi) is 2.36. The maximum atomic E-state index is 4.95. The highest BCUT2D eigenvalue weighted by molar-refractivity contribution is 7.71. The van der Waals surface area contributed by atoms with Gasteiger partial charge in [0.05, 0.1) is 12.2 Å². The molecule has 0 saturated carbocycles. The number of rotatable bonds is 2. The van der Waals surface area contributed by atoms with Gasteiger partial charge in [0, 0.05) is 5.69 Å². The fourth-order valence-electron chi connectivity index (χ4n) is 1.17. The topological polar surface area (TPSA) is 59.4 Å². The van der Waals surface area contributed by atoms with E-state index in [0.717, 1.165) is 11.4 Å². The van der Waals surface area contributed by atoms with Crippen molar-refractivity contribution in [1.29, 1.82) is 0 Å². The van der Waals surface area contributed by atoms with Crippen LogP contribution in [0.4, 0.5) is 0 Å². The van der Waals surface area contributed by atoms with Crippen LogP contribution in [0.5, 0.6) is 0 Å². The molecule has 0 spiro atoms. The molecule has 0 aliphatic rings. The van der Waals surface area contributed by atoms with Gasteiger partial charge in [0.2, 0.25) is 4.77 Å². The number of aromatic amines is 1. The zero-order valence-electron chi connectivity index (χ0n) is 7.64. The summed E-state index contributed by atoms with van der Waals surface area (Å²) in [6.45, 7) is 2.53. The van der Waals surface area contributed by atoms with Crippen LogP contribution in [0, 0.1) is 11.7 Å². The highest BCUT2D eigenvalue weighted by Gasteiger charge is 1.98. The van der Waals surface area contributed by atoms with E-state index in [1.165, 1.54) is 0 Å². The molecule has 0 aromatic carbocycles. The summed E-state index contributed by atoms with van der Waals surface area (Å²) in [6.07, 6.45) is 0. The zero-order chi connectivity index (χ0) is 9.97. The van der Waals surface area contributed by atoms with Crippen molar-refractivity contribution in [1.82, 2.24) is 25.2 Å². The first kappa shape index (κ1) is 9.01. The van der Waals surface area contributed by atoms with Crippen molar-refractivity contribution in [2.24, 2.45) is 0 Å². The molecule has 14 heavy (non-hydrogen) atoms. The lowest BCUT2D eigenvalue weighted by Gasteiger charge is -2.00. The summed E-state index contributed by atoms with van der Waals surface area (Å²) in [5, 5.41) is 9.96. The first-order valence-electron chi connectivity index (χ1n) is 4.16. The Hall–Kier alpha value is -1.56. The Balaban J connectivity index is 2.27. The summed E-state index contributed by atoms with van der Waals surface area (Å²) < 4.78 is 2.10. The van der Waals surface area contributed by atoms with Gasteiger partial charge in [0.15, 0.2) is 0 Å². The van der Waals surface area contributed by atoms with Crippen LogP contribution in [0.3, 0.4) is 0 Å². The predicted octanol–water partition coefficient (Wildman–Crippen LogP) is 1.09. The largest absolute Gasteiger partial charge is 0.256 e. The first-order valence-corrected chi connectivity index (χ1v) is 4.57. The number of H-pyrrole nitrogens is 1. The quantitative estimate of drug-likeness (QED) is 0.749. The Labute approximate surface area is 85.8 Å². The SMILES string of the molecule is Cc1cccc(Cn2[nH]nnc2=S)n1. The standard InChI is InChI=1S/C8H9N5S/c1-6-3-2-4-7(9-6)5-13-8(14)10-11-12-13/h2-4H,5H2,1H3,(H,10,12,14). The van der Waals surface area contributed by atoms with Crippen LogP contribution in [0.25, 0.3) is 0 Å². The van der Waals surface area contributed by atoms with Crippen LogP contribution in [0.2, 0.25) is 0 Å². The van der Waals surface area contributed by atoms with E-state index in [2.05, 4.69) is 20.5 Å². The lowest BCUT2D eigenvalue weighted by atomic mass is 10.3. The molecule has 2 rings (SSSR count). The highest BCUT2D eigenvalue weighted by atomic mass is 32.1. The van der Waals surface area contributed by atoms with Gasteiger partial charge >= 0.3 is 0 Å². The van der Waals surface area contributed by atoms with Crippen molar-refractivity contribution in [2.45, 2.75) is 13.5 Å². The average molecular weight is 207 g/mol. The summed E-state index contributed by atoms with van der Waals surface area (Å²) in [6, 6.07) is 5.86. The minimum Gasteiger partial charge on any atom is -0.256 e. The molecule has 0 radical (unpaired) electrons. The molecule has 0 saturated heterocycles. The van der Waals surface area contributed by atoms with Crippen molar-refractivity contribution in [3.63, 3.8) is 0 Å². The monoisotopic (exact) mass is 207 g/mol. The summed E-state index contributed by atoms with van der Waals surface area (Å²) in [5.74, 6) is 0. The molecule has 0 unspecified atom stereocenters. The molecule has 0 aliphatic carbocycles. The number of tetrazole rings is 1. The maximum Gasteiger partial charge on any atom is 0.238 e. The van der Waals surface area contributed by atoms with Crippen molar-refractivity contribution in [2.75, 3.05) is 0 Å². The Bertz CT molecular complexity index is 486. The van der Waals surface area contributed by atoms with Crippen LogP contribution in [0.15, 0.2) is 18.2 Å². The van der Waals surface area contributed by atoms with E-state index in [9.17, 15) is 0 Å². The number of nitrogens with zero attached hydrogens (tertiary/aromatic N) is 4. The van der Waals surface area contributed by atoms with Gasteiger partial charge in [-0.05, 0) is 31.3 Å². The molecule has 72 valence electrons. The molecule has 0 fully saturated rings. The van der Waals surface area contributed by atoms with Gasteiger partial charge in [-0.25, -0.2) is 4.68 Å². The number of aryl methyl sites for hydroxylation is 1. The third kappa shape index (κ3) is 1.85. The second kappa shape index (κ2) is 3.67. The summed E-state index contributed by atoms with van der Waals surface area (Å²) >= 11 is 4.95. The van der Waals surface area contributed by atoms with Gasteiger partial charge in [0.1, 0.15) is 0 Å². The van der Waals surface area contributed by atoms with E-state index in [1.54, 1.807) is 4.68 Å². The Morgan fingerprint density at radius 3 is 3.00 bits per heavy atom. The maximum absolute atomic E-state index is 4.95. The molecule has 0 amide bonds. The average Bonchev–Trinajstić information content (AvgIpc) is 2.52. The molecule has 2 aromatic heterocycles. The molecule has 1 N–H and O–H groups in total. The first-order chi connectivity index (χ1) is 6.75. The van der Waals surface area contributed by atoms with Crippen molar-refractivity contribution in [3.8, 4) is 0 Å². The Morgan fingerprint density at radius 2 is 2.36 bits per heavy atom. The molecular formula is C8H9N5S. The van der Waals surface area contributed by atoms with Crippen LogP contribution in [-0.2, 0) is 6.54 Å². The normalized spacial score (nSPS) is 10.4. The fourth-order valence-corrected chi connectivity index (χ4v) is 1.31. The van der Waals surface area contributed by atoms with Crippen molar-refractivity contribution >= 4 is 12.2 Å². The smallest absolute Gasteiger partial charge is 0.238 e. The van der Waals surface area contributed by atoms with Crippen molar-refractivity contribution in [3.05, 3.63) is 34.4 Å². The van der Waals surface area contributed by atoms with Gasteiger partial charge in [0.25, 0.3) is 0 Å². The van der Waals surface area contributed by atoms with Crippen molar-refractivity contribution < 1.29 is 0 Å². The molecule has 0 aliphatic heterocycles. The lowest BCUT2D eigenvalue weighted by molar-refractivity contribution is 0.630. The third-order valence-electron chi connectivity index (χ3n) is 1.80. The van der Waals surface area contributed by atoms with Gasteiger partial charge in [-0.2, -0.15) is 5.21 Å². The minimum absolute atomic E-state index is 0.438. The lowest BCUT2D eigenvalue weighted by Crippen LogP contribution is -2.04. The van der Waals surface area contributed by atoms with Gasteiger partial charge < -0.3 is 0 Å². The summed E-state index contributed by atoms with van der Waals surface area (Å²) in [7, 11) is 0. The van der Waals surface area contributed by atoms with Gasteiger partial charge in [-0.15, -0.1) is 0 Å². The summed E-state index contributed by atoms with van der Waals surface area (Å²) in [4.78, 5) is 4.35. The molecule has 6 heteroatoms. The van der Waals surface area contributed by atoms with E-state index in [0.29, 0.717) is 11.3 Å². The molecule has 0 atom stereocenters. The molecule has 0 bridgehead atoms. The number of pyridine rings is 1. The molecule has 2 heterocycles. The highest BCUT2D eigenvalue weighted by Crippen LogP contribution is 1.99. The second-order valence-electron chi connectivity index (χ2n) is 2.94. The zero-order valence-corrected chi connectivity index (χ0v) is 8.45. The van der Waals surface area contributed by atoms with Crippen LogP contribution in [-0.4, -0.2) is 25.2 Å². The number of hydrogen-bond donors (Lipinski definition) is 1. The summed E-state index contributed by atoms with van der Waals surface area (Å²) in [5.41, 5.74) is 1.92. The van der Waals surface area contributed by atoms with E-state index in [-0.39, 0.29) is 0 Å². The third-order valence-corrected chi connectivity index (χ3v) is 2.10. The van der Waals surface area contributed by atoms with Gasteiger partial charge in [-0.3, -0.25) is 4.98 Å². The second-order valence-corrected chi connectivity index (χ2v) is 3.30. The number of aromatic nitrogens is 5. The van der Waals surface area contributed by atoms with E-state index >= 15 is 0 Å². The van der Waals surface area contributed by atoms with Gasteiger partial charge in [-0.1, -0.05) is 16.4 Å². The van der Waals surface area contributed by atoms with E-state index in [4.69, 9.17) is 12.2 Å². The van der Waals surface area contributed by atoms with E-state index < -0.39 is 0 Å². The van der Waals surface area contributed by atoms with Crippen LogP contribution < -0.4 is 0 Å². The molecule has 2 aromatic rings. The molecular weight excluding hydrogens is 198 g/mol. The van der Waals surface area contributed by atoms with Crippen LogP contribution >= 0.6 is 12.2 Å².